The third kappa shape index (κ3) is 2.50. The van der Waals surface area contributed by atoms with Crippen molar-refractivity contribution >= 4 is 16.9 Å². The van der Waals surface area contributed by atoms with Crippen molar-refractivity contribution in [3.63, 3.8) is 0 Å². The van der Waals surface area contributed by atoms with E-state index in [2.05, 4.69) is 24.5 Å². The molecular weight excluding hydrogens is 302 g/mol. The fourth-order valence-electron chi connectivity index (χ4n) is 3.58. The first-order valence-electron chi connectivity index (χ1n) is 8.40. The Kier molecular flexibility index (Phi) is 3.63. The summed E-state index contributed by atoms with van der Waals surface area (Å²) < 4.78 is 7.65. The summed E-state index contributed by atoms with van der Waals surface area (Å²) in [7, 11) is 0. The maximum Gasteiger partial charge on any atom is 0.223 e. The third-order valence-corrected chi connectivity index (χ3v) is 4.65. The predicted molar refractivity (Wildman–Crippen MR) is 91.6 cm³/mol. The lowest BCUT2D eigenvalue weighted by atomic mass is 10.1. The van der Waals surface area contributed by atoms with Gasteiger partial charge in [-0.1, -0.05) is 12.1 Å². The number of amides is 1. The maximum absolute atomic E-state index is 12.4. The highest BCUT2D eigenvalue weighted by Gasteiger charge is 2.34. The Morgan fingerprint density at radius 3 is 2.83 bits per heavy atom. The fraction of sp³-hybridized carbons (Fsp3) is 0.368. The highest BCUT2D eigenvalue weighted by molar-refractivity contribution is 5.81. The van der Waals surface area contributed by atoms with Gasteiger partial charge in [0.1, 0.15) is 11.6 Å². The normalized spacial score (nSPS) is 18.2. The van der Waals surface area contributed by atoms with Crippen LogP contribution in [-0.2, 0) is 11.3 Å². The average Bonchev–Trinajstić information content (AvgIpc) is 3.26. The number of benzene rings is 1. The number of carbonyl (C=O) groups excluding carboxylic acids is 1. The van der Waals surface area contributed by atoms with Crippen molar-refractivity contribution in [2.24, 2.45) is 0 Å². The lowest BCUT2D eigenvalue weighted by Gasteiger charge is -2.18. The first kappa shape index (κ1) is 15.0. The summed E-state index contributed by atoms with van der Waals surface area (Å²) in [5.74, 6) is 2.13. The second kappa shape index (κ2) is 5.82. The van der Waals surface area contributed by atoms with Crippen LogP contribution in [0.2, 0.25) is 0 Å². The van der Waals surface area contributed by atoms with Crippen molar-refractivity contribution in [2.45, 2.75) is 38.8 Å². The standard InChI is InChI=1S/C19H21N3O2/c1-13(2)22-17-8-4-3-7-16(17)20-19(22)14-10-18(23)21(11-14)12-15-6-5-9-24-15/h3-9,13-14H,10-12H2,1-2H3/t14-/m1/s1. The maximum atomic E-state index is 12.4. The Morgan fingerprint density at radius 2 is 2.08 bits per heavy atom. The molecule has 1 aliphatic heterocycles. The van der Waals surface area contributed by atoms with Gasteiger partial charge in [0.25, 0.3) is 0 Å². The highest BCUT2D eigenvalue weighted by Crippen LogP contribution is 2.33. The number of furan rings is 1. The number of carbonyl (C=O) groups is 1. The second-order valence-corrected chi connectivity index (χ2v) is 6.68. The highest BCUT2D eigenvalue weighted by atomic mass is 16.3. The molecule has 4 rings (SSSR count). The van der Waals surface area contributed by atoms with Crippen LogP contribution in [0.5, 0.6) is 0 Å². The number of hydrogen-bond donors (Lipinski definition) is 0. The van der Waals surface area contributed by atoms with Crippen molar-refractivity contribution in [3.8, 4) is 0 Å². The Hall–Kier alpha value is -2.56. The molecule has 1 saturated heterocycles. The van der Waals surface area contributed by atoms with Gasteiger partial charge in [0.05, 0.1) is 23.8 Å². The van der Waals surface area contributed by atoms with E-state index in [-0.39, 0.29) is 11.8 Å². The Morgan fingerprint density at radius 1 is 1.25 bits per heavy atom. The summed E-state index contributed by atoms with van der Waals surface area (Å²) in [6.07, 6.45) is 2.16. The van der Waals surface area contributed by atoms with Crippen molar-refractivity contribution in [1.29, 1.82) is 0 Å². The SMILES string of the molecule is CC(C)n1c([C@@H]2CC(=O)N(Cc3ccco3)C2)nc2ccccc21. The predicted octanol–water partition coefficient (Wildman–Crippen LogP) is 3.73. The van der Waals surface area contributed by atoms with Crippen molar-refractivity contribution in [2.75, 3.05) is 6.54 Å². The van der Waals surface area contributed by atoms with Crippen LogP contribution < -0.4 is 0 Å². The Labute approximate surface area is 140 Å². The number of para-hydroxylation sites is 2. The van der Waals surface area contributed by atoms with Gasteiger partial charge >= 0.3 is 0 Å². The summed E-state index contributed by atoms with van der Waals surface area (Å²) in [4.78, 5) is 19.1. The molecule has 1 atom stereocenters. The van der Waals surface area contributed by atoms with Crippen LogP contribution in [-0.4, -0.2) is 26.9 Å². The van der Waals surface area contributed by atoms with Gasteiger partial charge in [0, 0.05) is 24.9 Å². The van der Waals surface area contributed by atoms with Crippen LogP contribution in [0, 0.1) is 0 Å². The largest absolute Gasteiger partial charge is 0.467 e. The zero-order valence-corrected chi connectivity index (χ0v) is 14.0. The van der Waals surface area contributed by atoms with E-state index in [4.69, 9.17) is 9.40 Å². The van der Waals surface area contributed by atoms with Crippen LogP contribution in [0.3, 0.4) is 0 Å². The summed E-state index contributed by atoms with van der Waals surface area (Å²) >= 11 is 0. The topological polar surface area (TPSA) is 51.3 Å². The van der Waals surface area contributed by atoms with E-state index >= 15 is 0 Å². The van der Waals surface area contributed by atoms with E-state index in [9.17, 15) is 4.79 Å². The molecule has 0 aliphatic carbocycles. The van der Waals surface area contributed by atoms with Crippen LogP contribution >= 0.6 is 0 Å². The molecule has 0 saturated carbocycles. The summed E-state index contributed by atoms with van der Waals surface area (Å²) in [6.45, 7) is 5.55. The molecule has 1 aliphatic rings. The van der Waals surface area contributed by atoms with Gasteiger partial charge < -0.3 is 13.9 Å². The van der Waals surface area contributed by atoms with Crippen LogP contribution in [0.1, 0.15) is 43.8 Å². The number of rotatable bonds is 4. The number of nitrogens with zero attached hydrogens (tertiary/aromatic N) is 3. The van der Waals surface area contributed by atoms with E-state index in [1.54, 1.807) is 6.26 Å². The van der Waals surface area contributed by atoms with E-state index < -0.39 is 0 Å². The lowest BCUT2D eigenvalue weighted by molar-refractivity contribution is -0.128. The monoisotopic (exact) mass is 323 g/mol. The molecule has 5 heteroatoms. The van der Waals surface area contributed by atoms with Crippen LogP contribution in [0.4, 0.5) is 0 Å². The molecule has 24 heavy (non-hydrogen) atoms. The van der Waals surface area contributed by atoms with Crippen molar-refractivity contribution in [3.05, 3.63) is 54.2 Å². The molecule has 0 unspecified atom stereocenters. The molecule has 1 amide bonds. The molecule has 124 valence electrons. The minimum Gasteiger partial charge on any atom is -0.467 e. The smallest absolute Gasteiger partial charge is 0.223 e. The number of aromatic nitrogens is 2. The Bertz CT molecular complexity index is 864. The molecule has 0 bridgehead atoms. The van der Waals surface area contributed by atoms with Gasteiger partial charge in [-0.3, -0.25) is 4.79 Å². The quantitative estimate of drug-likeness (QED) is 0.735. The van der Waals surface area contributed by atoms with Gasteiger partial charge in [0.2, 0.25) is 5.91 Å². The minimum atomic E-state index is 0.127. The molecule has 0 radical (unpaired) electrons. The molecule has 5 nitrogen and oxygen atoms in total. The minimum absolute atomic E-state index is 0.127. The first-order valence-corrected chi connectivity index (χ1v) is 8.40. The fourth-order valence-corrected chi connectivity index (χ4v) is 3.58. The molecule has 0 spiro atoms. The number of fused-ring (bicyclic) bond motifs is 1. The van der Waals surface area contributed by atoms with Gasteiger partial charge in [-0.25, -0.2) is 4.98 Å². The average molecular weight is 323 g/mol. The molecule has 1 aromatic carbocycles. The van der Waals surface area contributed by atoms with E-state index in [0.717, 1.165) is 22.6 Å². The zero-order valence-electron chi connectivity index (χ0n) is 14.0. The summed E-state index contributed by atoms with van der Waals surface area (Å²) in [6, 6.07) is 12.2. The van der Waals surface area contributed by atoms with Crippen molar-refractivity contribution in [1.82, 2.24) is 14.5 Å². The second-order valence-electron chi connectivity index (χ2n) is 6.68. The summed E-state index contributed by atoms with van der Waals surface area (Å²) in [5, 5.41) is 0. The van der Waals surface area contributed by atoms with Crippen LogP contribution in [0.25, 0.3) is 11.0 Å². The number of likely N-dealkylation sites (tertiary alicyclic amines) is 1. The molecular formula is C19H21N3O2. The molecule has 3 aromatic rings. The van der Waals surface area contributed by atoms with E-state index in [0.29, 0.717) is 25.6 Å². The zero-order chi connectivity index (χ0) is 16.7. The van der Waals surface area contributed by atoms with Gasteiger partial charge in [-0.05, 0) is 38.1 Å². The lowest BCUT2D eigenvalue weighted by Crippen LogP contribution is -2.24. The molecule has 0 N–H and O–H groups in total. The van der Waals surface area contributed by atoms with Gasteiger partial charge in [-0.2, -0.15) is 0 Å². The molecule has 3 heterocycles. The first-order chi connectivity index (χ1) is 11.6. The number of imidazole rings is 1. The van der Waals surface area contributed by atoms with Gasteiger partial charge in [0.15, 0.2) is 0 Å². The van der Waals surface area contributed by atoms with E-state index in [1.165, 1.54) is 0 Å². The van der Waals surface area contributed by atoms with E-state index in [1.807, 2.05) is 35.2 Å². The third-order valence-electron chi connectivity index (χ3n) is 4.65. The number of hydrogen-bond acceptors (Lipinski definition) is 3. The summed E-state index contributed by atoms with van der Waals surface area (Å²) in [5.41, 5.74) is 2.14. The van der Waals surface area contributed by atoms with Crippen LogP contribution in [0.15, 0.2) is 47.1 Å². The van der Waals surface area contributed by atoms with Gasteiger partial charge in [-0.15, -0.1) is 0 Å². The molecule has 1 fully saturated rings. The van der Waals surface area contributed by atoms with Crippen molar-refractivity contribution < 1.29 is 9.21 Å². The molecule has 2 aromatic heterocycles. The Balaban J connectivity index is 1.66.